The van der Waals surface area contributed by atoms with Crippen LogP contribution in [0.2, 0.25) is 0 Å². The Bertz CT molecular complexity index is 1060. The van der Waals surface area contributed by atoms with E-state index in [0.29, 0.717) is 18.5 Å². The number of carbonyl (C=O) groups is 3. The van der Waals surface area contributed by atoms with Gasteiger partial charge in [-0.1, -0.05) is 61.0 Å². The van der Waals surface area contributed by atoms with Crippen LogP contribution in [0.3, 0.4) is 0 Å². The normalized spacial score (nSPS) is 19.3. The first-order chi connectivity index (χ1) is 16.5. The molecule has 0 radical (unpaired) electrons. The van der Waals surface area contributed by atoms with Crippen LogP contribution in [0.25, 0.3) is 11.1 Å². The highest BCUT2D eigenvalue weighted by Crippen LogP contribution is 2.44. The number of alkyl carbamates (subject to hydrolysis) is 1. The number of aliphatic carboxylic acids is 1. The van der Waals surface area contributed by atoms with Gasteiger partial charge in [0.05, 0.1) is 5.92 Å². The van der Waals surface area contributed by atoms with Crippen LogP contribution >= 0.6 is 0 Å². The van der Waals surface area contributed by atoms with Gasteiger partial charge in [-0.05, 0) is 47.9 Å². The first-order valence-electron chi connectivity index (χ1n) is 11.7. The second kappa shape index (κ2) is 10.5. The third kappa shape index (κ3) is 5.14. The van der Waals surface area contributed by atoms with E-state index < -0.39 is 12.1 Å². The van der Waals surface area contributed by atoms with Crippen molar-refractivity contribution in [2.24, 2.45) is 11.8 Å². The number of benzene rings is 2. The minimum atomic E-state index is -0.795. The highest BCUT2D eigenvalue weighted by molar-refractivity contribution is 5.92. The molecule has 178 valence electrons. The van der Waals surface area contributed by atoms with E-state index in [4.69, 9.17) is 4.74 Å². The molecule has 2 aliphatic carbocycles. The molecule has 0 saturated heterocycles. The fourth-order valence-corrected chi connectivity index (χ4v) is 5.00. The van der Waals surface area contributed by atoms with Gasteiger partial charge in [0.2, 0.25) is 5.91 Å². The minimum absolute atomic E-state index is 0.00794. The fourth-order valence-electron chi connectivity index (χ4n) is 5.00. The average molecular weight is 463 g/mol. The Morgan fingerprint density at radius 3 is 2.29 bits per heavy atom. The third-order valence-corrected chi connectivity index (χ3v) is 6.86. The summed E-state index contributed by atoms with van der Waals surface area (Å²) in [4.78, 5) is 35.8. The topological polar surface area (TPSA) is 105 Å². The molecular weight excluding hydrogens is 432 g/mol. The summed E-state index contributed by atoms with van der Waals surface area (Å²) in [6.45, 7) is 2.41. The molecule has 0 aliphatic heterocycles. The molecule has 2 unspecified atom stereocenters. The Morgan fingerprint density at radius 1 is 1.00 bits per heavy atom. The lowest BCUT2D eigenvalue weighted by Gasteiger charge is -2.16. The van der Waals surface area contributed by atoms with Gasteiger partial charge in [0.1, 0.15) is 6.61 Å². The summed E-state index contributed by atoms with van der Waals surface area (Å²) in [6.07, 6.45) is 3.43. The Labute approximate surface area is 199 Å². The highest BCUT2D eigenvalue weighted by Gasteiger charge is 2.33. The van der Waals surface area contributed by atoms with Crippen molar-refractivity contribution in [2.75, 3.05) is 19.7 Å². The fraction of sp³-hybridized carbons (Fsp3) is 0.370. The Kier molecular flexibility index (Phi) is 7.30. The SMILES string of the molecule is C/C(=C\CNC(=O)OCC1c2ccccc2-c2ccccc21)C(=O)NCC1CCCC1C(=O)O. The Hall–Kier alpha value is -3.61. The summed E-state index contributed by atoms with van der Waals surface area (Å²) in [7, 11) is 0. The lowest BCUT2D eigenvalue weighted by Crippen LogP contribution is -2.33. The summed E-state index contributed by atoms with van der Waals surface area (Å²) >= 11 is 0. The van der Waals surface area contributed by atoms with Crippen molar-refractivity contribution in [1.29, 1.82) is 0 Å². The van der Waals surface area contributed by atoms with Crippen molar-refractivity contribution in [3.05, 3.63) is 71.3 Å². The second-order valence-corrected chi connectivity index (χ2v) is 8.94. The number of amides is 2. The van der Waals surface area contributed by atoms with Gasteiger partial charge >= 0.3 is 12.1 Å². The van der Waals surface area contributed by atoms with E-state index in [1.54, 1.807) is 13.0 Å². The van der Waals surface area contributed by atoms with E-state index in [1.165, 1.54) is 11.1 Å². The smallest absolute Gasteiger partial charge is 0.407 e. The van der Waals surface area contributed by atoms with E-state index in [9.17, 15) is 19.5 Å². The van der Waals surface area contributed by atoms with E-state index in [1.807, 2.05) is 24.3 Å². The maximum Gasteiger partial charge on any atom is 0.407 e. The van der Waals surface area contributed by atoms with Crippen LogP contribution in [0, 0.1) is 11.8 Å². The van der Waals surface area contributed by atoms with Gasteiger partial charge < -0.3 is 20.5 Å². The summed E-state index contributed by atoms with van der Waals surface area (Å²) in [5.41, 5.74) is 5.10. The molecule has 0 spiro atoms. The summed E-state index contributed by atoms with van der Waals surface area (Å²) in [5, 5.41) is 14.7. The first-order valence-corrected chi connectivity index (χ1v) is 11.7. The van der Waals surface area contributed by atoms with Crippen molar-refractivity contribution < 1.29 is 24.2 Å². The molecule has 2 aromatic carbocycles. The average Bonchev–Trinajstić information content (AvgIpc) is 3.44. The van der Waals surface area contributed by atoms with E-state index in [0.717, 1.165) is 24.0 Å². The number of hydrogen-bond acceptors (Lipinski definition) is 4. The molecule has 3 N–H and O–H groups in total. The number of nitrogens with one attached hydrogen (secondary N) is 2. The zero-order valence-corrected chi connectivity index (χ0v) is 19.3. The van der Waals surface area contributed by atoms with Gasteiger partial charge in [-0.25, -0.2) is 4.79 Å². The largest absolute Gasteiger partial charge is 0.481 e. The first kappa shape index (κ1) is 23.5. The number of rotatable bonds is 8. The van der Waals surface area contributed by atoms with Crippen molar-refractivity contribution in [2.45, 2.75) is 32.1 Å². The molecule has 2 amide bonds. The molecule has 4 rings (SSSR count). The lowest BCUT2D eigenvalue weighted by atomic mass is 9.96. The predicted molar refractivity (Wildman–Crippen MR) is 128 cm³/mol. The Morgan fingerprint density at radius 2 is 1.65 bits per heavy atom. The highest BCUT2D eigenvalue weighted by atomic mass is 16.5. The van der Waals surface area contributed by atoms with Crippen LogP contribution in [0.4, 0.5) is 4.79 Å². The zero-order valence-electron chi connectivity index (χ0n) is 19.3. The van der Waals surface area contributed by atoms with Crippen molar-refractivity contribution >= 4 is 18.0 Å². The monoisotopic (exact) mass is 462 g/mol. The number of fused-ring (bicyclic) bond motifs is 3. The van der Waals surface area contributed by atoms with Crippen molar-refractivity contribution in [3.63, 3.8) is 0 Å². The van der Waals surface area contributed by atoms with E-state index >= 15 is 0 Å². The van der Waals surface area contributed by atoms with Gasteiger partial charge in [-0.2, -0.15) is 0 Å². The van der Waals surface area contributed by atoms with Crippen molar-refractivity contribution in [3.8, 4) is 11.1 Å². The zero-order chi connectivity index (χ0) is 24.1. The van der Waals surface area contributed by atoms with E-state index in [2.05, 4.69) is 34.9 Å². The molecule has 2 aromatic rings. The number of carbonyl (C=O) groups excluding carboxylic acids is 2. The lowest BCUT2D eigenvalue weighted by molar-refractivity contribution is -0.143. The third-order valence-electron chi connectivity index (χ3n) is 6.86. The molecular formula is C27H30N2O5. The van der Waals surface area contributed by atoms with Crippen molar-refractivity contribution in [1.82, 2.24) is 10.6 Å². The molecule has 34 heavy (non-hydrogen) atoms. The minimum Gasteiger partial charge on any atom is -0.481 e. The Balaban J connectivity index is 1.24. The standard InChI is InChI=1S/C27H30N2O5/c1-17(25(30)29-15-18-7-6-12-19(18)26(31)32)13-14-28-27(33)34-16-24-22-10-4-2-8-20(22)21-9-3-5-11-23(21)24/h2-5,8-11,13,18-19,24H,6-7,12,14-16H2,1H3,(H,28,33)(H,29,30)(H,31,32)/b17-13+. The van der Waals surface area contributed by atoms with Gasteiger partial charge in [-0.3, -0.25) is 9.59 Å². The number of hydrogen-bond donors (Lipinski definition) is 3. The number of carboxylic acid groups (broad SMARTS) is 1. The second-order valence-electron chi connectivity index (χ2n) is 8.94. The van der Waals surface area contributed by atoms with Gasteiger partial charge in [0, 0.05) is 24.6 Å². The molecule has 2 atom stereocenters. The van der Waals surface area contributed by atoms with Gasteiger partial charge in [-0.15, -0.1) is 0 Å². The summed E-state index contributed by atoms with van der Waals surface area (Å²) in [6, 6.07) is 16.3. The summed E-state index contributed by atoms with van der Waals surface area (Å²) in [5.74, 6) is -1.49. The van der Waals surface area contributed by atoms with Crippen LogP contribution in [0.5, 0.6) is 0 Å². The number of carboxylic acids is 1. The number of ether oxygens (including phenoxy) is 1. The van der Waals surface area contributed by atoms with Crippen LogP contribution < -0.4 is 10.6 Å². The van der Waals surface area contributed by atoms with Crippen LogP contribution in [-0.4, -0.2) is 42.8 Å². The molecule has 0 aromatic heterocycles. The molecule has 0 bridgehead atoms. The molecule has 1 fully saturated rings. The maximum atomic E-state index is 12.3. The van der Waals surface area contributed by atoms with Crippen LogP contribution in [0.1, 0.15) is 43.2 Å². The molecule has 2 aliphatic rings. The van der Waals surface area contributed by atoms with Gasteiger partial charge in [0.15, 0.2) is 0 Å². The molecule has 7 heteroatoms. The van der Waals surface area contributed by atoms with Crippen LogP contribution in [-0.2, 0) is 14.3 Å². The summed E-state index contributed by atoms with van der Waals surface area (Å²) < 4.78 is 5.50. The molecule has 7 nitrogen and oxygen atoms in total. The van der Waals surface area contributed by atoms with E-state index in [-0.39, 0.29) is 36.8 Å². The molecule has 1 saturated carbocycles. The molecule has 0 heterocycles. The predicted octanol–water partition coefficient (Wildman–Crippen LogP) is 4.09. The quantitative estimate of drug-likeness (QED) is 0.513. The maximum absolute atomic E-state index is 12.3. The van der Waals surface area contributed by atoms with Gasteiger partial charge in [0.25, 0.3) is 0 Å². The van der Waals surface area contributed by atoms with Crippen LogP contribution in [0.15, 0.2) is 60.2 Å².